The molecule has 0 spiro atoms. The van der Waals surface area contributed by atoms with Crippen LogP contribution in [0.3, 0.4) is 0 Å². The second kappa shape index (κ2) is 9.34. The third-order valence-electron chi connectivity index (χ3n) is 3.92. The van der Waals surface area contributed by atoms with Crippen LogP contribution < -0.4 is 9.47 Å². The Morgan fingerprint density at radius 2 is 1.47 bits per heavy atom. The molecule has 3 rings (SSSR count). The van der Waals surface area contributed by atoms with Crippen molar-refractivity contribution in [1.29, 1.82) is 0 Å². The van der Waals surface area contributed by atoms with Crippen molar-refractivity contribution in [3.05, 3.63) is 97.0 Å². The van der Waals surface area contributed by atoms with Crippen molar-refractivity contribution >= 4 is 24.1 Å². The van der Waals surface area contributed by atoms with Crippen molar-refractivity contribution in [3.8, 4) is 22.8 Å². The Labute approximate surface area is 172 Å². The van der Waals surface area contributed by atoms with E-state index >= 15 is 0 Å². The van der Waals surface area contributed by atoms with Gasteiger partial charge in [-0.15, -0.1) is 0 Å². The maximum Gasteiger partial charge on any atom is 0.335 e. The molecule has 150 valence electrons. The second-order valence-corrected chi connectivity index (χ2v) is 6.00. The van der Waals surface area contributed by atoms with Crippen molar-refractivity contribution < 1.29 is 27.9 Å². The van der Waals surface area contributed by atoms with Crippen molar-refractivity contribution in [3.63, 3.8) is 0 Å². The van der Waals surface area contributed by atoms with E-state index in [4.69, 9.17) is 13.9 Å². The van der Waals surface area contributed by atoms with Gasteiger partial charge >= 0.3 is 11.9 Å². The SMILES string of the molecule is C=CC(=O)Oc1ccc(/C=C/c2ccc(-c3ccc(OC(=O)C=C)cc3F)o2)cc1. The topological polar surface area (TPSA) is 65.7 Å². The lowest BCUT2D eigenvalue weighted by Gasteiger charge is -2.04. The molecule has 0 amide bonds. The van der Waals surface area contributed by atoms with Crippen LogP contribution in [0, 0.1) is 5.82 Å². The average Bonchev–Trinajstić information content (AvgIpc) is 3.21. The lowest BCUT2D eigenvalue weighted by Crippen LogP contribution is -2.03. The molecule has 1 aromatic heterocycles. The van der Waals surface area contributed by atoms with Crippen molar-refractivity contribution in [2.45, 2.75) is 0 Å². The van der Waals surface area contributed by atoms with Crippen LogP contribution >= 0.6 is 0 Å². The molecule has 0 unspecified atom stereocenters. The molecule has 3 aromatic rings. The Morgan fingerprint density at radius 3 is 2.10 bits per heavy atom. The normalized spacial score (nSPS) is 10.6. The molecule has 6 heteroatoms. The molecule has 1 heterocycles. The van der Waals surface area contributed by atoms with Gasteiger partial charge < -0.3 is 13.9 Å². The summed E-state index contributed by atoms with van der Waals surface area (Å²) in [5, 5.41) is 0. The monoisotopic (exact) mass is 404 g/mol. The predicted molar refractivity (Wildman–Crippen MR) is 111 cm³/mol. The molecule has 0 aliphatic carbocycles. The number of halogens is 1. The average molecular weight is 404 g/mol. The van der Waals surface area contributed by atoms with Crippen LogP contribution in [0.25, 0.3) is 23.5 Å². The molecule has 30 heavy (non-hydrogen) atoms. The van der Waals surface area contributed by atoms with Gasteiger partial charge in [-0.1, -0.05) is 31.4 Å². The van der Waals surface area contributed by atoms with E-state index in [1.807, 2.05) is 0 Å². The second-order valence-electron chi connectivity index (χ2n) is 6.00. The van der Waals surface area contributed by atoms with Gasteiger partial charge in [-0.25, -0.2) is 14.0 Å². The first kappa shape index (κ1) is 20.5. The van der Waals surface area contributed by atoms with Crippen LogP contribution in [0.2, 0.25) is 0 Å². The molecule has 0 saturated carbocycles. The Balaban J connectivity index is 1.70. The van der Waals surface area contributed by atoms with E-state index in [-0.39, 0.29) is 11.3 Å². The summed E-state index contributed by atoms with van der Waals surface area (Å²) in [6, 6.07) is 14.3. The van der Waals surface area contributed by atoms with Gasteiger partial charge in [0.1, 0.15) is 28.8 Å². The minimum Gasteiger partial charge on any atom is -0.457 e. The fourth-order valence-electron chi connectivity index (χ4n) is 2.49. The third-order valence-corrected chi connectivity index (χ3v) is 3.92. The van der Waals surface area contributed by atoms with Gasteiger partial charge in [0.15, 0.2) is 0 Å². The third kappa shape index (κ3) is 5.20. The largest absolute Gasteiger partial charge is 0.457 e. The van der Waals surface area contributed by atoms with Gasteiger partial charge in [0.2, 0.25) is 0 Å². The Kier molecular flexibility index (Phi) is 6.39. The number of benzene rings is 2. The molecular weight excluding hydrogens is 387 g/mol. The van der Waals surface area contributed by atoms with Gasteiger partial charge in [-0.3, -0.25) is 0 Å². The summed E-state index contributed by atoms with van der Waals surface area (Å²) in [6.45, 7) is 6.64. The number of ether oxygens (including phenoxy) is 2. The van der Waals surface area contributed by atoms with Gasteiger partial charge in [-0.2, -0.15) is 0 Å². The zero-order valence-electron chi connectivity index (χ0n) is 15.8. The highest BCUT2D eigenvalue weighted by atomic mass is 19.1. The summed E-state index contributed by atoms with van der Waals surface area (Å²) >= 11 is 0. The number of hydrogen-bond acceptors (Lipinski definition) is 5. The zero-order chi connectivity index (χ0) is 21.5. The summed E-state index contributed by atoms with van der Waals surface area (Å²) in [4.78, 5) is 22.4. The molecule has 0 saturated heterocycles. The molecule has 0 atom stereocenters. The summed E-state index contributed by atoms with van der Waals surface area (Å²) < 4.78 is 29.9. The Hall–Kier alpha value is -4.19. The molecule has 2 aromatic carbocycles. The first-order valence-corrected chi connectivity index (χ1v) is 8.85. The van der Waals surface area contributed by atoms with E-state index in [2.05, 4.69) is 13.2 Å². The van der Waals surface area contributed by atoms with Crippen molar-refractivity contribution in [2.24, 2.45) is 0 Å². The molecule has 0 N–H and O–H groups in total. The lowest BCUT2D eigenvalue weighted by molar-refractivity contribution is -0.129. The quantitative estimate of drug-likeness (QED) is 0.298. The molecule has 0 fully saturated rings. The van der Waals surface area contributed by atoms with Gasteiger partial charge in [0.25, 0.3) is 0 Å². The number of furan rings is 1. The molecule has 0 aliphatic rings. The van der Waals surface area contributed by atoms with E-state index in [0.717, 1.165) is 23.8 Å². The standard InChI is InChI=1S/C24H17FO5/c1-3-23(26)29-18-9-6-16(7-10-18)5-8-17-12-14-22(28-17)20-13-11-19(15-21(20)25)30-24(27)4-2/h3-15H,1-2H2/b8-5+. The summed E-state index contributed by atoms with van der Waals surface area (Å²) in [6.07, 6.45) is 5.62. The first-order chi connectivity index (χ1) is 14.5. The van der Waals surface area contributed by atoms with E-state index < -0.39 is 17.8 Å². The summed E-state index contributed by atoms with van der Waals surface area (Å²) in [5.74, 6) is -0.432. The van der Waals surface area contributed by atoms with Crippen LogP contribution in [0.1, 0.15) is 11.3 Å². The van der Waals surface area contributed by atoms with Crippen LogP contribution in [0.5, 0.6) is 11.5 Å². The smallest absolute Gasteiger partial charge is 0.335 e. The molecular formula is C24H17FO5. The highest BCUT2D eigenvalue weighted by molar-refractivity contribution is 5.84. The van der Waals surface area contributed by atoms with E-state index in [1.54, 1.807) is 48.6 Å². The number of esters is 2. The molecule has 5 nitrogen and oxygen atoms in total. The number of carbonyl (C=O) groups excluding carboxylic acids is 2. The van der Waals surface area contributed by atoms with Crippen LogP contribution in [0.15, 0.2) is 84.3 Å². The Morgan fingerprint density at radius 1 is 0.833 bits per heavy atom. The fourth-order valence-corrected chi connectivity index (χ4v) is 2.49. The molecule has 0 bridgehead atoms. The zero-order valence-corrected chi connectivity index (χ0v) is 15.8. The highest BCUT2D eigenvalue weighted by Crippen LogP contribution is 2.28. The maximum atomic E-state index is 14.4. The number of carbonyl (C=O) groups is 2. The van der Waals surface area contributed by atoms with Crippen molar-refractivity contribution in [2.75, 3.05) is 0 Å². The van der Waals surface area contributed by atoms with E-state index in [9.17, 15) is 14.0 Å². The molecule has 0 aliphatic heterocycles. The van der Waals surface area contributed by atoms with Crippen LogP contribution in [-0.2, 0) is 9.59 Å². The summed E-state index contributed by atoms with van der Waals surface area (Å²) in [7, 11) is 0. The van der Waals surface area contributed by atoms with Crippen LogP contribution in [0.4, 0.5) is 4.39 Å². The number of rotatable bonds is 7. The highest BCUT2D eigenvalue weighted by Gasteiger charge is 2.11. The first-order valence-electron chi connectivity index (χ1n) is 8.85. The molecule has 0 radical (unpaired) electrons. The summed E-state index contributed by atoms with van der Waals surface area (Å²) in [5.41, 5.74) is 1.09. The van der Waals surface area contributed by atoms with E-state index in [1.165, 1.54) is 12.1 Å². The van der Waals surface area contributed by atoms with E-state index in [0.29, 0.717) is 17.3 Å². The number of hydrogen-bond donors (Lipinski definition) is 0. The lowest BCUT2D eigenvalue weighted by atomic mass is 10.1. The minimum absolute atomic E-state index is 0.0787. The van der Waals surface area contributed by atoms with Gasteiger partial charge in [-0.05, 0) is 48.0 Å². The maximum absolute atomic E-state index is 14.4. The van der Waals surface area contributed by atoms with Gasteiger partial charge in [0, 0.05) is 18.2 Å². The fraction of sp³-hybridized carbons (Fsp3) is 0. The van der Waals surface area contributed by atoms with Gasteiger partial charge in [0.05, 0.1) is 5.56 Å². The van der Waals surface area contributed by atoms with Crippen LogP contribution in [-0.4, -0.2) is 11.9 Å². The predicted octanol–water partition coefficient (Wildman–Crippen LogP) is 5.44. The Bertz CT molecular complexity index is 1120. The van der Waals surface area contributed by atoms with Crippen molar-refractivity contribution in [1.82, 2.24) is 0 Å². The minimum atomic E-state index is -0.667.